The Kier molecular flexibility index (Phi) is 5.05. The van der Waals surface area contributed by atoms with Crippen molar-refractivity contribution in [2.45, 2.75) is 10.7 Å². The van der Waals surface area contributed by atoms with Gasteiger partial charge >= 0.3 is 0 Å². The molecule has 0 bridgehead atoms. The van der Waals surface area contributed by atoms with Crippen LogP contribution in [0.1, 0.15) is 11.1 Å². The van der Waals surface area contributed by atoms with Crippen molar-refractivity contribution in [3.8, 4) is 0 Å². The minimum Gasteiger partial charge on any atom is -0.314 e. The van der Waals surface area contributed by atoms with E-state index in [9.17, 15) is 4.57 Å². The van der Waals surface area contributed by atoms with E-state index in [1.807, 2.05) is 55.2 Å². The van der Waals surface area contributed by atoms with Crippen molar-refractivity contribution in [1.82, 2.24) is 0 Å². The number of alkyl halides is 2. The van der Waals surface area contributed by atoms with Gasteiger partial charge in [-0.15, -0.1) is 0 Å². The van der Waals surface area contributed by atoms with Crippen LogP contribution in [0.2, 0.25) is 0 Å². The third-order valence-corrected chi connectivity index (χ3v) is 7.11. The van der Waals surface area contributed by atoms with Crippen molar-refractivity contribution in [3.63, 3.8) is 0 Å². The van der Waals surface area contributed by atoms with Crippen LogP contribution in [0.15, 0.2) is 48.5 Å². The molecule has 0 atom stereocenters. The van der Waals surface area contributed by atoms with Gasteiger partial charge in [-0.1, -0.05) is 80.4 Å². The van der Waals surface area contributed by atoms with E-state index in [0.717, 1.165) is 32.4 Å². The average molecular weight is 402 g/mol. The molecule has 0 aliphatic rings. The van der Waals surface area contributed by atoms with Crippen LogP contribution in [0.4, 0.5) is 0 Å². The second kappa shape index (κ2) is 6.39. The van der Waals surface area contributed by atoms with Crippen LogP contribution in [-0.4, -0.2) is 6.66 Å². The zero-order valence-electron chi connectivity index (χ0n) is 10.6. The van der Waals surface area contributed by atoms with Gasteiger partial charge in [0.25, 0.3) is 0 Å². The summed E-state index contributed by atoms with van der Waals surface area (Å²) in [4.78, 5) is 0. The van der Waals surface area contributed by atoms with Crippen LogP contribution in [0.5, 0.6) is 0 Å². The molecule has 0 heterocycles. The number of hydrogen-bond acceptors (Lipinski definition) is 1. The van der Waals surface area contributed by atoms with Crippen LogP contribution in [0.3, 0.4) is 0 Å². The van der Waals surface area contributed by atoms with Gasteiger partial charge in [-0.05, 0) is 17.8 Å². The van der Waals surface area contributed by atoms with E-state index in [1.54, 1.807) is 0 Å². The van der Waals surface area contributed by atoms with Gasteiger partial charge in [0.2, 0.25) is 0 Å². The van der Waals surface area contributed by atoms with E-state index in [4.69, 9.17) is 0 Å². The van der Waals surface area contributed by atoms with E-state index in [1.165, 1.54) is 0 Å². The first-order valence-electron chi connectivity index (χ1n) is 5.97. The fraction of sp³-hybridized carbons (Fsp3) is 0.200. The van der Waals surface area contributed by atoms with Gasteiger partial charge in [-0.25, -0.2) is 0 Å². The van der Waals surface area contributed by atoms with Crippen LogP contribution >= 0.6 is 39.0 Å². The van der Waals surface area contributed by atoms with E-state index in [-0.39, 0.29) is 0 Å². The van der Waals surface area contributed by atoms with Crippen LogP contribution < -0.4 is 10.6 Å². The lowest BCUT2D eigenvalue weighted by atomic mass is 10.2. The molecule has 0 aliphatic carbocycles. The first-order valence-corrected chi connectivity index (χ1v) is 10.4. The highest BCUT2D eigenvalue weighted by Gasteiger charge is 2.25. The Hall–Kier alpha value is -0.370. The van der Waals surface area contributed by atoms with Gasteiger partial charge in [-0.3, -0.25) is 0 Å². The molecule has 0 N–H and O–H groups in total. The van der Waals surface area contributed by atoms with Gasteiger partial charge in [-0.2, -0.15) is 0 Å². The molecule has 0 aliphatic heterocycles. The molecule has 0 spiro atoms. The first kappa shape index (κ1) is 15.0. The normalized spacial score (nSPS) is 11.5. The lowest BCUT2D eigenvalue weighted by Crippen LogP contribution is -2.20. The highest BCUT2D eigenvalue weighted by Crippen LogP contribution is 2.41. The molecular weight excluding hydrogens is 387 g/mol. The first-order chi connectivity index (χ1) is 9.11. The summed E-state index contributed by atoms with van der Waals surface area (Å²) in [6.45, 7) is 1.86. The average Bonchev–Trinajstić information content (AvgIpc) is 2.47. The maximum atomic E-state index is 13.3. The zero-order valence-corrected chi connectivity index (χ0v) is 14.7. The molecule has 2 aromatic rings. The lowest BCUT2D eigenvalue weighted by Gasteiger charge is -2.19. The molecule has 100 valence electrons. The molecule has 2 aromatic carbocycles. The summed E-state index contributed by atoms with van der Waals surface area (Å²) in [5.41, 5.74) is 2.19. The van der Waals surface area contributed by atoms with Gasteiger partial charge in [0.1, 0.15) is 7.14 Å². The molecule has 0 unspecified atom stereocenters. The molecule has 0 aromatic heterocycles. The van der Waals surface area contributed by atoms with Crippen molar-refractivity contribution in [3.05, 3.63) is 59.7 Å². The van der Waals surface area contributed by atoms with Crippen molar-refractivity contribution in [2.24, 2.45) is 0 Å². The molecule has 4 heteroatoms. The standard InChI is InChI=1S/C15H15Br2OP/c1-19(18,14-8-4-2-6-12(14)10-16)15-9-5-3-7-13(15)11-17/h2-9H,10-11H2,1H3. The Morgan fingerprint density at radius 2 is 1.21 bits per heavy atom. The summed E-state index contributed by atoms with van der Waals surface area (Å²) in [5.74, 6) is 0. The second-order valence-electron chi connectivity index (χ2n) is 4.45. The second-order valence-corrected chi connectivity index (χ2v) is 8.38. The molecule has 0 saturated heterocycles. The molecular formula is C15H15Br2OP. The Morgan fingerprint density at radius 1 is 0.842 bits per heavy atom. The van der Waals surface area contributed by atoms with E-state index in [2.05, 4.69) is 31.9 Å². The van der Waals surface area contributed by atoms with Gasteiger partial charge in [0.15, 0.2) is 0 Å². The number of rotatable bonds is 4. The molecule has 19 heavy (non-hydrogen) atoms. The number of benzene rings is 2. The van der Waals surface area contributed by atoms with Crippen LogP contribution in [0, 0.1) is 0 Å². The summed E-state index contributed by atoms with van der Waals surface area (Å²) < 4.78 is 13.3. The minimum absolute atomic E-state index is 0.720. The minimum atomic E-state index is -2.57. The van der Waals surface area contributed by atoms with E-state index >= 15 is 0 Å². The van der Waals surface area contributed by atoms with Crippen molar-refractivity contribution in [2.75, 3.05) is 6.66 Å². The summed E-state index contributed by atoms with van der Waals surface area (Å²) >= 11 is 6.96. The predicted molar refractivity (Wildman–Crippen MR) is 90.9 cm³/mol. The Labute approximate surface area is 131 Å². The SMILES string of the molecule is CP(=O)(c1ccccc1CBr)c1ccccc1CBr. The maximum Gasteiger partial charge on any atom is 0.140 e. The molecule has 0 saturated carbocycles. The molecule has 0 amide bonds. The monoisotopic (exact) mass is 400 g/mol. The summed E-state index contributed by atoms with van der Waals surface area (Å²) in [6, 6.07) is 15.9. The van der Waals surface area contributed by atoms with Crippen LogP contribution in [0.25, 0.3) is 0 Å². The van der Waals surface area contributed by atoms with Crippen molar-refractivity contribution >= 4 is 49.6 Å². The van der Waals surface area contributed by atoms with Crippen LogP contribution in [-0.2, 0) is 15.2 Å². The fourth-order valence-corrected chi connectivity index (χ4v) is 6.03. The van der Waals surface area contributed by atoms with Crippen molar-refractivity contribution < 1.29 is 4.57 Å². The number of halogens is 2. The smallest absolute Gasteiger partial charge is 0.140 e. The molecule has 0 radical (unpaired) electrons. The van der Waals surface area contributed by atoms with Crippen molar-refractivity contribution in [1.29, 1.82) is 0 Å². The Balaban J connectivity index is 2.62. The summed E-state index contributed by atoms with van der Waals surface area (Å²) in [6.07, 6.45) is 0. The summed E-state index contributed by atoms with van der Waals surface area (Å²) in [5, 5.41) is 3.33. The Bertz CT molecular complexity index is 574. The van der Waals surface area contributed by atoms with Gasteiger partial charge in [0, 0.05) is 21.3 Å². The molecule has 1 nitrogen and oxygen atoms in total. The quantitative estimate of drug-likeness (QED) is 0.547. The van der Waals surface area contributed by atoms with E-state index < -0.39 is 7.14 Å². The molecule has 0 fully saturated rings. The maximum absolute atomic E-state index is 13.3. The topological polar surface area (TPSA) is 17.1 Å². The lowest BCUT2D eigenvalue weighted by molar-refractivity contribution is 0.590. The third-order valence-electron chi connectivity index (χ3n) is 3.19. The number of hydrogen-bond donors (Lipinski definition) is 0. The summed E-state index contributed by atoms with van der Waals surface area (Å²) in [7, 11) is -2.57. The fourth-order valence-electron chi connectivity index (χ4n) is 2.21. The third kappa shape index (κ3) is 3.04. The largest absolute Gasteiger partial charge is 0.314 e. The predicted octanol–water partition coefficient (Wildman–Crippen LogP) is 4.42. The van der Waals surface area contributed by atoms with Gasteiger partial charge in [0.05, 0.1) is 0 Å². The van der Waals surface area contributed by atoms with Gasteiger partial charge < -0.3 is 4.57 Å². The highest BCUT2D eigenvalue weighted by molar-refractivity contribution is 9.08. The van der Waals surface area contributed by atoms with E-state index in [0.29, 0.717) is 0 Å². The highest BCUT2D eigenvalue weighted by atomic mass is 79.9. The molecule has 2 rings (SSSR count). The zero-order chi connectivity index (χ0) is 13.9. The Morgan fingerprint density at radius 3 is 1.58 bits per heavy atom.